The normalized spacial score (nSPS) is 19.2. The van der Waals surface area contributed by atoms with Crippen molar-refractivity contribution in [2.24, 2.45) is 10.9 Å². The van der Waals surface area contributed by atoms with Gasteiger partial charge in [0.1, 0.15) is 6.10 Å². The number of carbonyl (C=O) groups excluding carboxylic acids is 2. The Hall–Kier alpha value is -1.88. The number of halogens is 1. The summed E-state index contributed by atoms with van der Waals surface area (Å²) in [7, 11) is 1.77. The second-order valence-electron chi connectivity index (χ2n) is 8.06. The Labute approximate surface area is 201 Å². The second kappa shape index (κ2) is 12.2. The van der Waals surface area contributed by atoms with Crippen LogP contribution in [0.2, 0.25) is 0 Å². The van der Waals surface area contributed by atoms with Crippen molar-refractivity contribution in [2.45, 2.75) is 39.3 Å². The van der Waals surface area contributed by atoms with Crippen molar-refractivity contribution in [3.05, 3.63) is 29.8 Å². The van der Waals surface area contributed by atoms with Crippen molar-refractivity contribution >= 4 is 47.4 Å². The molecule has 172 valence electrons. The Morgan fingerprint density at radius 1 is 1.13 bits per heavy atom. The fraction of sp³-hybridized carbons (Fsp3) is 0.591. The van der Waals surface area contributed by atoms with Gasteiger partial charge in [0.2, 0.25) is 5.91 Å². The van der Waals surface area contributed by atoms with E-state index in [-0.39, 0.29) is 47.8 Å². The molecule has 3 rings (SSSR count). The number of benzene rings is 1. The number of rotatable bonds is 5. The van der Waals surface area contributed by atoms with E-state index in [1.807, 2.05) is 43.0 Å². The number of aliphatic imine (C=N–C) groups is 1. The molecule has 2 amide bonds. The van der Waals surface area contributed by atoms with Gasteiger partial charge in [-0.15, -0.1) is 24.0 Å². The Morgan fingerprint density at radius 2 is 1.77 bits per heavy atom. The van der Waals surface area contributed by atoms with Gasteiger partial charge in [-0.3, -0.25) is 14.6 Å². The lowest BCUT2D eigenvalue weighted by atomic mass is 10.1. The van der Waals surface area contributed by atoms with Crippen molar-refractivity contribution < 1.29 is 14.3 Å². The summed E-state index contributed by atoms with van der Waals surface area (Å²) in [6.45, 7) is 7.94. The van der Waals surface area contributed by atoms with Gasteiger partial charge in [0.15, 0.2) is 5.96 Å². The highest BCUT2D eigenvalue weighted by Crippen LogP contribution is 2.16. The molecule has 2 aliphatic heterocycles. The van der Waals surface area contributed by atoms with Crippen molar-refractivity contribution in [3.63, 3.8) is 0 Å². The minimum absolute atomic E-state index is 0. The third-order valence-corrected chi connectivity index (χ3v) is 5.50. The van der Waals surface area contributed by atoms with Gasteiger partial charge in [-0.25, -0.2) is 0 Å². The summed E-state index contributed by atoms with van der Waals surface area (Å²) in [4.78, 5) is 32.8. The smallest absolute Gasteiger partial charge is 0.251 e. The standard InChI is InChI=1S/C22H33N5O3.HI/c1-16(2)20(28)25-18-8-6-17(7-9-18)15-24-22(23-3)27-12-10-26(11-13-27)21(29)19-5-4-14-30-19;/h6-9,16,19H,4-5,10-15H2,1-3H3,(H,23,24)(H,25,28);1H. The van der Waals surface area contributed by atoms with Crippen LogP contribution in [0.25, 0.3) is 0 Å². The lowest BCUT2D eigenvalue weighted by Gasteiger charge is -2.37. The molecule has 0 radical (unpaired) electrons. The zero-order chi connectivity index (χ0) is 21.5. The Balaban J connectivity index is 0.00000341. The molecule has 0 spiro atoms. The van der Waals surface area contributed by atoms with Crippen molar-refractivity contribution in [1.82, 2.24) is 15.1 Å². The van der Waals surface area contributed by atoms with Crippen molar-refractivity contribution in [1.29, 1.82) is 0 Å². The highest BCUT2D eigenvalue weighted by Gasteiger charge is 2.30. The lowest BCUT2D eigenvalue weighted by Crippen LogP contribution is -2.55. The first-order valence-electron chi connectivity index (χ1n) is 10.7. The number of hydrogen-bond donors (Lipinski definition) is 2. The third kappa shape index (κ3) is 7.06. The van der Waals surface area contributed by atoms with E-state index in [0.717, 1.165) is 43.1 Å². The second-order valence-corrected chi connectivity index (χ2v) is 8.06. The van der Waals surface area contributed by atoms with E-state index in [1.165, 1.54) is 0 Å². The first-order valence-corrected chi connectivity index (χ1v) is 10.7. The Bertz CT molecular complexity index is 755. The van der Waals surface area contributed by atoms with Crippen LogP contribution in [0, 0.1) is 5.92 Å². The largest absolute Gasteiger partial charge is 0.368 e. The van der Waals surface area contributed by atoms with Crippen LogP contribution >= 0.6 is 24.0 Å². The molecule has 8 nitrogen and oxygen atoms in total. The van der Waals surface area contributed by atoms with E-state index in [0.29, 0.717) is 26.2 Å². The number of guanidine groups is 1. The van der Waals surface area contributed by atoms with E-state index in [1.54, 1.807) is 7.05 Å². The number of amides is 2. The summed E-state index contributed by atoms with van der Waals surface area (Å²) in [6, 6.07) is 7.81. The minimum Gasteiger partial charge on any atom is -0.368 e. The molecule has 1 aromatic rings. The molecule has 9 heteroatoms. The SMILES string of the molecule is CN=C(NCc1ccc(NC(=O)C(C)C)cc1)N1CCN(C(=O)C2CCCO2)CC1.I. The van der Waals surface area contributed by atoms with Crippen LogP contribution in [0.5, 0.6) is 0 Å². The fourth-order valence-electron chi connectivity index (χ4n) is 3.62. The van der Waals surface area contributed by atoms with Gasteiger partial charge in [0, 0.05) is 58.0 Å². The van der Waals surface area contributed by atoms with Gasteiger partial charge < -0.3 is 25.2 Å². The van der Waals surface area contributed by atoms with Gasteiger partial charge in [0.05, 0.1) is 0 Å². The fourth-order valence-corrected chi connectivity index (χ4v) is 3.62. The minimum atomic E-state index is -0.248. The molecule has 2 aliphatic rings. The summed E-state index contributed by atoms with van der Waals surface area (Å²) in [5.41, 5.74) is 1.90. The summed E-state index contributed by atoms with van der Waals surface area (Å²) >= 11 is 0. The molecule has 0 aromatic heterocycles. The number of nitrogens with zero attached hydrogens (tertiary/aromatic N) is 3. The summed E-state index contributed by atoms with van der Waals surface area (Å²) in [6.07, 6.45) is 1.56. The Kier molecular flexibility index (Phi) is 10.0. The molecule has 2 saturated heterocycles. The molecular weight excluding hydrogens is 509 g/mol. The van der Waals surface area contributed by atoms with Crippen molar-refractivity contribution in [3.8, 4) is 0 Å². The maximum absolute atomic E-state index is 12.5. The third-order valence-electron chi connectivity index (χ3n) is 5.50. The lowest BCUT2D eigenvalue weighted by molar-refractivity contribution is -0.142. The molecule has 0 bridgehead atoms. The highest BCUT2D eigenvalue weighted by atomic mass is 127. The number of anilines is 1. The van der Waals surface area contributed by atoms with E-state index in [4.69, 9.17) is 4.74 Å². The number of piperazine rings is 1. The molecular formula is C22H34IN5O3. The quantitative estimate of drug-likeness (QED) is 0.338. The Morgan fingerprint density at radius 3 is 2.32 bits per heavy atom. The summed E-state index contributed by atoms with van der Waals surface area (Å²) < 4.78 is 5.53. The average Bonchev–Trinajstić information content (AvgIpc) is 3.30. The van der Waals surface area contributed by atoms with Gasteiger partial charge in [-0.1, -0.05) is 26.0 Å². The molecule has 31 heavy (non-hydrogen) atoms. The number of hydrogen-bond acceptors (Lipinski definition) is 4. The highest BCUT2D eigenvalue weighted by molar-refractivity contribution is 14.0. The van der Waals surface area contributed by atoms with Gasteiger partial charge >= 0.3 is 0 Å². The van der Waals surface area contributed by atoms with Gasteiger partial charge in [-0.2, -0.15) is 0 Å². The van der Waals surface area contributed by atoms with Crippen LogP contribution in [0.15, 0.2) is 29.3 Å². The van der Waals surface area contributed by atoms with Crippen LogP contribution in [0.1, 0.15) is 32.3 Å². The van der Waals surface area contributed by atoms with Gasteiger partial charge in [-0.05, 0) is 30.5 Å². The predicted molar refractivity (Wildman–Crippen MR) is 133 cm³/mol. The van der Waals surface area contributed by atoms with E-state index in [2.05, 4.69) is 20.5 Å². The molecule has 1 atom stereocenters. The predicted octanol–water partition coefficient (Wildman–Crippen LogP) is 2.30. The maximum atomic E-state index is 12.5. The molecule has 0 aliphatic carbocycles. The van der Waals surface area contributed by atoms with E-state index >= 15 is 0 Å². The monoisotopic (exact) mass is 543 g/mol. The number of ether oxygens (including phenoxy) is 1. The van der Waals surface area contributed by atoms with Crippen LogP contribution in [-0.4, -0.2) is 73.5 Å². The zero-order valence-electron chi connectivity index (χ0n) is 18.6. The summed E-state index contributed by atoms with van der Waals surface area (Å²) in [5, 5.41) is 6.29. The van der Waals surface area contributed by atoms with Crippen LogP contribution in [-0.2, 0) is 20.9 Å². The number of carbonyl (C=O) groups is 2. The topological polar surface area (TPSA) is 86.3 Å². The number of nitrogens with one attached hydrogen (secondary N) is 2. The first-order chi connectivity index (χ1) is 14.5. The van der Waals surface area contributed by atoms with Crippen LogP contribution < -0.4 is 10.6 Å². The molecule has 2 heterocycles. The average molecular weight is 543 g/mol. The van der Waals surface area contributed by atoms with Crippen LogP contribution in [0.3, 0.4) is 0 Å². The van der Waals surface area contributed by atoms with Crippen LogP contribution in [0.4, 0.5) is 5.69 Å². The van der Waals surface area contributed by atoms with Crippen molar-refractivity contribution in [2.75, 3.05) is 45.2 Å². The van der Waals surface area contributed by atoms with E-state index < -0.39 is 0 Å². The maximum Gasteiger partial charge on any atom is 0.251 e. The zero-order valence-corrected chi connectivity index (χ0v) is 20.9. The molecule has 2 N–H and O–H groups in total. The molecule has 1 unspecified atom stereocenters. The van der Waals surface area contributed by atoms with Gasteiger partial charge in [0.25, 0.3) is 5.91 Å². The first kappa shape index (κ1) is 25.4. The molecule has 2 fully saturated rings. The molecule has 0 saturated carbocycles. The summed E-state index contributed by atoms with van der Waals surface area (Å²) in [5.74, 6) is 0.922. The molecule has 1 aromatic carbocycles. The van der Waals surface area contributed by atoms with E-state index in [9.17, 15) is 9.59 Å².